The van der Waals surface area contributed by atoms with Gasteiger partial charge in [0.2, 0.25) is 0 Å². The Morgan fingerprint density at radius 1 is 0.750 bits per heavy atom. The Bertz CT molecular complexity index is 1330. The second kappa shape index (κ2) is 8.70. The minimum Gasteiger partial charge on any atom is -0.381 e. The average Bonchev–Trinajstić information content (AvgIpc) is 2.68. The number of nitrogen functional groups attached to an aromatic ring is 1. The molecule has 170 valence electrons. The molecule has 0 amide bonds. The number of hydrogen-bond acceptors (Lipinski definition) is 13. The highest BCUT2D eigenvalue weighted by atomic mass is 35.5. The first-order valence-electron chi connectivity index (χ1n) is 7.65. The molecule has 32 heavy (non-hydrogen) atoms. The zero-order valence-electron chi connectivity index (χ0n) is 14.9. The SMILES string of the molecule is Nc1nnnc(Nc2ccc(Nc3nnnc(Cl)c3Cl)c(S(=O)(=O)O)c2S(=O)(=O)O)c1Cl. The van der Waals surface area contributed by atoms with Crippen LogP contribution in [0.2, 0.25) is 15.2 Å². The van der Waals surface area contributed by atoms with Crippen molar-refractivity contribution in [3.63, 3.8) is 0 Å². The van der Waals surface area contributed by atoms with Crippen LogP contribution in [0, 0.1) is 0 Å². The highest BCUT2D eigenvalue weighted by Crippen LogP contribution is 2.39. The van der Waals surface area contributed by atoms with E-state index in [4.69, 9.17) is 40.5 Å². The van der Waals surface area contributed by atoms with Gasteiger partial charge in [0, 0.05) is 0 Å². The zero-order chi connectivity index (χ0) is 23.8. The van der Waals surface area contributed by atoms with Crippen LogP contribution in [0.5, 0.6) is 0 Å². The molecule has 20 heteroatoms. The molecule has 0 atom stereocenters. The first-order chi connectivity index (χ1) is 14.8. The van der Waals surface area contributed by atoms with E-state index >= 15 is 0 Å². The van der Waals surface area contributed by atoms with Crippen LogP contribution in [-0.2, 0) is 20.2 Å². The molecule has 15 nitrogen and oxygen atoms in total. The van der Waals surface area contributed by atoms with Crippen molar-refractivity contribution in [2.45, 2.75) is 9.79 Å². The van der Waals surface area contributed by atoms with Crippen LogP contribution in [0.4, 0.5) is 28.8 Å². The van der Waals surface area contributed by atoms with Gasteiger partial charge in [-0.15, -0.1) is 20.4 Å². The molecule has 3 aromatic rings. The molecule has 2 aromatic heterocycles. The predicted octanol–water partition coefficient (Wildman–Crippen LogP) is 1.58. The van der Waals surface area contributed by atoms with Crippen molar-refractivity contribution in [3.05, 3.63) is 27.3 Å². The molecule has 0 radical (unpaired) electrons. The third kappa shape index (κ3) is 4.88. The van der Waals surface area contributed by atoms with E-state index in [0.717, 1.165) is 12.1 Å². The highest BCUT2D eigenvalue weighted by molar-refractivity contribution is 7.89. The molecule has 0 aliphatic carbocycles. The van der Waals surface area contributed by atoms with E-state index in [-0.39, 0.29) is 32.7 Å². The summed E-state index contributed by atoms with van der Waals surface area (Å²) in [5.41, 5.74) is 4.35. The largest absolute Gasteiger partial charge is 0.381 e. The minimum atomic E-state index is -5.31. The molecule has 0 fully saturated rings. The Morgan fingerprint density at radius 2 is 1.19 bits per heavy atom. The van der Waals surface area contributed by atoms with Gasteiger partial charge < -0.3 is 16.4 Å². The quantitative estimate of drug-likeness (QED) is 0.277. The summed E-state index contributed by atoms with van der Waals surface area (Å²) in [7, 11) is -10.6. The lowest BCUT2D eigenvalue weighted by Crippen LogP contribution is -2.15. The number of hydrogen-bond donors (Lipinski definition) is 5. The Morgan fingerprint density at radius 3 is 1.66 bits per heavy atom. The number of nitrogens with zero attached hydrogens (tertiary/aromatic N) is 6. The van der Waals surface area contributed by atoms with Gasteiger partial charge >= 0.3 is 0 Å². The van der Waals surface area contributed by atoms with Crippen molar-refractivity contribution in [3.8, 4) is 0 Å². The molecule has 0 unspecified atom stereocenters. The lowest BCUT2D eigenvalue weighted by Gasteiger charge is -2.17. The first-order valence-corrected chi connectivity index (χ1v) is 11.7. The molecular formula is C12H8Cl3N9O6S2. The second-order valence-electron chi connectivity index (χ2n) is 5.60. The van der Waals surface area contributed by atoms with Gasteiger partial charge in [0.05, 0.1) is 11.4 Å². The topological polar surface area (TPSA) is 236 Å². The summed E-state index contributed by atoms with van der Waals surface area (Å²) in [4.78, 5) is -2.55. The maximum absolute atomic E-state index is 12.1. The number of halogens is 3. The Hall–Kier alpha value is -2.67. The second-order valence-corrected chi connectivity index (χ2v) is 9.43. The normalized spacial score (nSPS) is 11.9. The van der Waals surface area contributed by atoms with Crippen LogP contribution < -0.4 is 16.4 Å². The van der Waals surface area contributed by atoms with Gasteiger partial charge in [0.25, 0.3) is 20.2 Å². The van der Waals surface area contributed by atoms with E-state index in [1.54, 1.807) is 0 Å². The Balaban J connectivity index is 2.28. The van der Waals surface area contributed by atoms with E-state index in [1.165, 1.54) is 0 Å². The third-order valence-electron chi connectivity index (χ3n) is 3.53. The number of nitrogens with one attached hydrogen (secondary N) is 2. The predicted molar refractivity (Wildman–Crippen MR) is 112 cm³/mol. The molecule has 0 saturated heterocycles. The van der Waals surface area contributed by atoms with Crippen molar-refractivity contribution in [1.82, 2.24) is 30.8 Å². The van der Waals surface area contributed by atoms with E-state index in [1.807, 2.05) is 0 Å². The number of rotatable bonds is 6. The lowest BCUT2D eigenvalue weighted by molar-refractivity contribution is 0.467. The summed E-state index contributed by atoms with van der Waals surface area (Å²) < 4.78 is 67.9. The van der Waals surface area contributed by atoms with Gasteiger partial charge in [0.15, 0.2) is 22.6 Å². The lowest BCUT2D eigenvalue weighted by atomic mass is 10.2. The third-order valence-corrected chi connectivity index (χ3v) is 6.63. The molecule has 0 spiro atoms. The van der Waals surface area contributed by atoms with Crippen molar-refractivity contribution in [2.75, 3.05) is 16.4 Å². The maximum Gasteiger partial charge on any atom is 0.298 e. The number of anilines is 5. The molecular weight excluding hydrogens is 537 g/mol. The van der Waals surface area contributed by atoms with Crippen molar-refractivity contribution >= 4 is 83.9 Å². The number of aromatic nitrogens is 6. The van der Waals surface area contributed by atoms with Crippen molar-refractivity contribution in [2.24, 2.45) is 0 Å². The Kier molecular flexibility index (Phi) is 6.52. The van der Waals surface area contributed by atoms with Crippen molar-refractivity contribution in [1.29, 1.82) is 0 Å². The van der Waals surface area contributed by atoms with E-state index < -0.39 is 41.4 Å². The molecule has 3 rings (SSSR count). The smallest absolute Gasteiger partial charge is 0.298 e. The fraction of sp³-hybridized carbons (Fsp3) is 0. The molecule has 1 aromatic carbocycles. The molecule has 0 aliphatic rings. The average molecular weight is 545 g/mol. The van der Waals surface area contributed by atoms with Crippen LogP contribution in [-0.4, -0.2) is 56.8 Å². The van der Waals surface area contributed by atoms with Gasteiger partial charge in [-0.2, -0.15) is 16.8 Å². The van der Waals surface area contributed by atoms with Crippen LogP contribution >= 0.6 is 34.8 Å². The standard InChI is InChI=1S/C12H8Cl3N9O6S2/c13-5-9(15)19-23-21-11(5)17-3-1-2-4(18-12-6(14)10(16)20-24-22-12)8(32(28,29)30)7(3)31(25,26)27/h1-2H,(H,17,19,21)(H,25,26,27)(H,28,29,30)(H3,16,18,20,22). The summed E-state index contributed by atoms with van der Waals surface area (Å²) in [5, 5.41) is 24.1. The molecule has 2 heterocycles. The summed E-state index contributed by atoms with van der Waals surface area (Å²) in [6, 6.07) is 2.00. The molecule has 6 N–H and O–H groups in total. The number of nitrogens with two attached hydrogens (primary N) is 1. The van der Waals surface area contributed by atoms with Crippen LogP contribution in [0.15, 0.2) is 21.9 Å². The van der Waals surface area contributed by atoms with Gasteiger partial charge in [0.1, 0.15) is 19.8 Å². The van der Waals surface area contributed by atoms with Gasteiger partial charge in [-0.1, -0.05) is 34.8 Å². The van der Waals surface area contributed by atoms with Gasteiger partial charge in [-0.3, -0.25) is 9.11 Å². The summed E-state index contributed by atoms with van der Waals surface area (Å²) in [6.45, 7) is 0. The van der Waals surface area contributed by atoms with Crippen LogP contribution in [0.1, 0.15) is 0 Å². The van der Waals surface area contributed by atoms with Gasteiger partial charge in [-0.05, 0) is 22.6 Å². The monoisotopic (exact) mass is 543 g/mol. The highest BCUT2D eigenvalue weighted by Gasteiger charge is 2.32. The molecule has 0 bridgehead atoms. The fourth-order valence-electron chi connectivity index (χ4n) is 2.30. The fourth-order valence-corrected chi connectivity index (χ4v) is 4.79. The van der Waals surface area contributed by atoms with Crippen LogP contribution in [0.3, 0.4) is 0 Å². The van der Waals surface area contributed by atoms with Crippen LogP contribution in [0.25, 0.3) is 0 Å². The van der Waals surface area contributed by atoms with Crippen molar-refractivity contribution < 1.29 is 25.9 Å². The Labute approximate surface area is 193 Å². The molecule has 0 saturated carbocycles. The summed E-state index contributed by atoms with van der Waals surface area (Å²) in [5.74, 6) is -0.955. The summed E-state index contributed by atoms with van der Waals surface area (Å²) in [6.07, 6.45) is 0. The summed E-state index contributed by atoms with van der Waals surface area (Å²) >= 11 is 17.5. The zero-order valence-corrected chi connectivity index (χ0v) is 18.8. The number of benzene rings is 1. The van der Waals surface area contributed by atoms with E-state index in [0.29, 0.717) is 0 Å². The van der Waals surface area contributed by atoms with Gasteiger partial charge in [-0.25, -0.2) is 0 Å². The van der Waals surface area contributed by atoms with E-state index in [9.17, 15) is 25.9 Å². The van der Waals surface area contributed by atoms with E-state index in [2.05, 4.69) is 41.5 Å². The first kappa shape index (κ1) is 24.0. The maximum atomic E-state index is 12.1. The minimum absolute atomic E-state index is 0.284. The molecule has 0 aliphatic heterocycles.